The number of hydrogen-bond donors (Lipinski definition) is 1. The Balaban J connectivity index is 1.28. The number of nitrogens with zero attached hydrogens (tertiary/aromatic N) is 1. The Morgan fingerprint density at radius 3 is 2.52 bits per heavy atom. The lowest BCUT2D eigenvalue weighted by atomic mass is 9.44. The lowest BCUT2D eigenvalue weighted by Crippen LogP contribution is -2.58. The summed E-state index contributed by atoms with van der Waals surface area (Å²) in [5.74, 6) is 3.60. The van der Waals surface area contributed by atoms with E-state index in [1.54, 1.807) is 0 Å². The number of rotatable bonds is 7. The number of fused-ring (bicyclic) bond motifs is 5. The van der Waals surface area contributed by atoms with Crippen LogP contribution in [0.15, 0.2) is 0 Å². The van der Waals surface area contributed by atoms with E-state index in [0.29, 0.717) is 41.9 Å². The highest BCUT2D eigenvalue weighted by Crippen LogP contribution is 2.66. The molecule has 0 aromatic carbocycles. The van der Waals surface area contributed by atoms with Crippen LogP contribution in [-0.2, 0) is 9.59 Å². The molecule has 0 saturated heterocycles. The summed E-state index contributed by atoms with van der Waals surface area (Å²) in [5, 5.41) is 11.8. The minimum absolute atomic E-state index is 0.0536. The molecular weight excluding hydrogens is 410 g/mol. The summed E-state index contributed by atoms with van der Waals surface area (Å²) in [6.07, 6.45) is 14.8. The van der Waals surface area contributed by atoms with Gasteiger partial charge in [-0.05, 0) is 99.7 Å². The third kappa shape index (κ3) is 4.10. The molecule has 5 saturated carbocycles. The van der Waals surface area contributed by atoms with Crippen molar-refractivity contribution in [2.45, 2.75) is 116 Å². The maximum absolute atomic E-state index is 13.0. The van der Waals surface area contributed by atoms with Gasteiger partial charge in [0.15, 0.2) is 0 Å². The number of hydrogen-bond acceptors (Lipinski definition) is 3. The molecule has 0 aromatic heterocycles. The summed E-state index contributed by atoms with van der Waals surface area (Å²) in [7, 11) is 0. The van der Waals surface area contributed by atoms with E-state index in [0.717, 1.165) is 77.2 Å². The zero-order valence-electron chi connectivity index (χ0n) is 21.4. The molecule has 0 spiro atoms. The Morgan fingerprint density at radius 1 is 1.00 bits per heavy atom. The van der Waals surface area contributed by atoms with E-state index in [1.165, 1.54) is 19.3 Å². The number of unbranched alkanes of at least 4 members (excludes halogenated alkanes) is 2. The van der Waals surface area contributed by atoms with E-state index in [-0.39, 0.29) is 16.7 Å². The minimum atomic E-state index is -0.722. The van der Waals surface area contributed by atoms with Crippen LogP contribution in [0, 0.1) is 40.4 Å². The molecule has 0 aromatic rings. The zero-order valence-corrected chi connectivity index (χ0v) is 21.4. The van der Waals surface area contributed by atoms with Crippen molar-refractivity contribution < 1.29 is 14.7 Å². The molecule has 7 atom stereocenters. The lowest BCUT2D eigenvalue weighted by molar-refractivity contribution is -0.161. The van der Waals surface area contributed by atoms with Crippen LogP contribution in [-0.4, -0.2) is 40.4 Å². The first-order valence-electron chi connectivity index (χ1n) is 14.2. The van der Waals surface area contributed by atoms with Gasteiger partial charge in [0, 0.05) is 30.8 Å². The van der Waals surface area contributed by atoms with E-state index in [4.69, 9.17) is 0 Å². The number of carbonyl (C=O) groups is 2. The Bertz CT molecular complexity index is 777. The zero-order chi connectivity index (χ0) is 23.4. The van der Waals surface area contributed by atoms with E-state index in [9.17, 15) is 14.7 Å². The highest BCUT2D eigenvalue weighted by molar-refractivity contribution is 5.87. The van der Waals surface area contributed by atoms with Gasteiger partial charge in [-0.2, -0.15) is 0 Å². The molecule has 5 fully saturated rings. The molecule has 186 valence electrons. The average molecular weight is 458 g/mol. The van der Waals surface area contributed by atoms with Gasteiger partial charge in [0.05, 0.1) is 5.60 Å². The summed E-state index contributed by atoms with van der Waals surface area (Å²) in [6.45, 7) is 8.34. The molecule has 0 bridgehead atoms. The molecule has 0 heterocycles. The molecule has 1 N–H and O–H groups in total. The third-order valence-corrected chi connectivity index (χ3v) is 11.3. The standard InChI is InChI=1S/C29H47NO3/c1-4-5-6-17-30(26(32)20-7-8-20)19-29(33)16-15-27(2)21(18-29)9-10-22-23-11-12-25(31)28(23,3)14-13-24(22)27/h20-24,33H,4-19H2,1-3H3/t21?,22-,23-,24-,27-,28-,29+/m0/s1. The topological polar surface area (TPSA) is 57.6 Å². The summed E-state index contributed by atoms with van der Waals surface area (Å²) in [4.78, 5) is 27.7. The van der Waals surface area contributed by atoms with Gasteiger partial charge in [-0.15, -0.1) is 0 Å². The van der Waals surface area contributed by atoms with E-state index >= 15 is 0 Å². The van der Waals surface area contributed by atoms with Crippen LogP contribution in [0.25, 0.3) is 0 Å². The van der Waals surface area contributed by atoms with Crippen LogP contribution >= 0.6 is 0 Å². The first-order chi connectivity index (χ1) is 15.7. The minimum Gasteiger partial charge on any atom is -0.388 e. The van der Waals surface area contributed by atoms with Gasteiger partial charge >= 0.3 is 0 Å². The molecule has 33 heavy (non-hydrogen) atoms. The predicted molar refractivity (Wildman–Crippen MR) is 131 cm³/mol. The third-order valence-electron chi connectivity index (χ3n) is 11.3. The fraction of sp³-hybridized carbons (Fsp3) is 0.931. The maximum atomic E-state index is 13.0. The molecule has 0 radical (unpaired) electrons. The highest BCUT2D eigenvalue weighted by Gasteiger charge is 2.61. The SMILES string of the molecule is CCCCCN(C[C@@]1(O)CC[C@@]2(C)C(CC[C@@H]3[C@@H]2CC[C@]2(C)C(=O)CC[C@@H]32)C1)C(=O)C1CC1. The number of carbonyl (C=O) groups excluding carboxylic acids is 2. The summed E-state index contributed by atoms with van der Waals surface area (Å²) in [5.41, 5.74) is -0.488. The van der Waals surface area contributed by atoms with Crippen LogP contribution in [0.2, 0.25) is 0 Å². The fourth-order valence-electron chi connectivity index (χ4n) is 9.00. The first kappa shape index (κ1) is 23.8. The van der Waals surface area contributed by atoms with Crippen LogP contribution in [0.5, 0.6) is 0 Å². The van der Waals surface area contributed by atoms with E-state index in [2.05, 4.69) is 20.8 Å². The molecular formula is C29H47NO3. The van der Waals surface area contributed by atoms with E-state index < -0.39 is 5.60 Å². The van der Waals surface area contributed by atoms with Crippen molar-refractivity contribution in [3.8, 4) is 0 Å². The second-order valence-corrected chi connectivity index (χ2v) is 13.2. The number of amides is 1. The average Bonchev–Trinajstić information content (AvgIpc) is 3.58. The van der Waals surface area contributed by atoms with Crippen molar-refractivity contribution >= 4 is 11.7 Å². The molecule has 1 amide bonds. The molecule has 4 heteroatoms. The van der Waals surface area contributed by atoms with Crippen molar-refractivity contribution in [1.82, 2.24) is 4.90 Å². The predicted octanol–water partition coefficient (Wildman–Crippen LogP) is 5.76. The first-order valence-corrected chi connectivity index (χ1v) is 14.2. The molecule has 5 aliphatic carbocycles. The van der Waals surface area contributed by atoms with Crippen molar-refractivity contribution in [3.63, 3.8) is 0 Å². The van der Waals surface area contributed by atoms with Gasteiger partial charge in [-0.1, -0.05) is 33.6 Å². The van der Waals surface area contributed by atoms with Gasteiger partial charge in [0.25, 0.3) is 0 Å². The molecule has 0 aliphatic heterocycles. The quantitative estimate of drug-likeness (QED) is 0.495. The molecule has 4 nitrogen and oxygen atoms in total. The van der Waals surface area contributed by atoms with Crippen LogP contribution in [0.1, 0.15) is 111 Å². The Morgan fingerprint density at radius 2 is 1.79 bits per heavy atom. The van der Waals surface area contributed by atoms with Crippen molar-refractivity contribution in [2.24, 2.45) is 40.4 Å². The van der Waals surface area contributed by atoms with Gasteiger partial charge in [0.1, 0.15) is 5.78 Å². The molecule has 5 rings (SSSR count). The van der Waals surface area contributed by atoms with Gasteiger partial charge < -0.3 is 10.0 Å². The summed E-state index contributed by atoms with van der Waals surface area (Å²) < 4.78 is 0. The van der Waals surface area contributed by atoms with E-state index in [1.807, 2.05) is 4.90 Å². The van der Waals surface area contributed by atoms with Crippen LogP contribution in [0.4, 0.5) is 0 Å². The van der Waals surface area contributed by atoms with Crippen molar-refractivity contribution in [2.75, 3.05) is 13.1 Å². The highest BCUT2D eigenvalue weighted by atomic mass is 16.3. The second-order valence-electron chi connectivity index (χ2n) is 13.2. The number of ketones is 1. The number of aliphatic hydroxyl groups is 1. The van der Waals surface area contributed by atoms with Crippen molar-refractivity contribution in [3.05, 3.63) is 0 Å². The monoisotopic (exact) mass is 457 g/mol. The second kappa shape index (κ2) is 8.64. The Hall–Kier alpha value is -0.900. The maximum Gasteiger partial charge on any atom is 0.225 e. The smallest absolute Gasteiger partial charge is 0.225 e. The van der Waals surface area contributed by atoms with Crippen LogP contribution < -0.4 is 0 Å². The largest absolute Gasteiger partial charge is 0.388 e. The Kier molecular flexibility index (Phi) is 6.24. The van der Waals surface area contributed by atoms with Crippen LogP contribution in [0.3, 0.4) is 0 Å². The molecule has 5 aliphatic rings. The summed E-state index contributed by atoms with van der Waals surface area (Å²) in [6, 6.07) is 0. The fourth-order valence-corrected chi connectivity index (χ4v) is 9.00. The van der Waals surface area contributed by atoms with Crippen molar-refractivity contribution in [1.29, 1.82) is 0 Å². The normalized spacial score (nSPS) is 44.7. The molecule has 1 unspecified atom stereocenters. The lowest BCUT2D eigenvalue weighted by Gasteiger charge is -2.61. The summed E-state index contributed by atoms with van der Waals surface area (Å²) >= 11 is 0. The van der Waals surface area contributed by atoms with Gasteiger partial charge in [0.2, 0.25) is 5.91 Å². The number of Topliss-reactive ketones (excluding diaryl/α,β-unsaturated/α-hetero) is 1. The van der Waals surface area contributed by atoms with Gasteiger partial charge in [-0.3, -0.25) is 9.59 Å². The Labute approximate surface area is 201 Å². The van der Waals surface area contributed by atoms with Gasteiger partial charge in [-0.25, -0.2) is 0 Å².